The first-order chi connectivity index (χ1) is 10.2. The van der Waals surface area contributed by atoms with Crippen molar-refractivity contribution in [2.45, 2.75) is 6.42 Å². The van der Waals surface area contributed by atoms with Crippen LogP contribution < -0.4 is 0 Å². The number of nitrogens with zero attached hydrogens (tertiary/aromatic N) is 1. The van der Waals surface area contributed by atoms with Crippen LogP contribution in [0.1, 0.15) is 6.42 Å². The molecule has 0 saturated carbocycles. The Balaban J connectivity index is 2.06. The molecule has 9 heteroatoms. The SMILES string of the molecule is CSC1=C(SC)SC(=C2SC(SC)=C(SCCC#N)S2)S1. The van der Waals surface area contributed by atoms with Crippen molar-refractivity contribution in [2.75, 3.05) is 24.5 Å². The minimum atomic E-state index is 0.616. The van der Waals surface area contributed by atoms with Crippen molar-refractivity contribution in [3.05, 3.63) is 25.4 Å². The predicted molar refractivity (Wildman–Crippen MR) is 115 cm³/mol. The quantitative estimate of drug-likeness (QED) is 0.412. The first-order valence-corrected chi connectivity index (χ1v) is 13.7. The highest BCUT2D eigenvalue weighted by Crippen LogP contribution is 2.65. The summed E-state index contributed by atoms with van der Waals surface area (Å²) in [6.45, 7) is 0. The van der Waals surface area contributed by atoms with Gasteiger partial charge in [-0.25, -0.2) is 0 Å². The van der Waals surface area contributed by atoms with E-state index in [1.807, 2.05) is 94.1 Å². The summed E-state index contributed by atoms with van der Waals surface area (Å²) in [6, 6.07) is 2.22. The summed E-state index contributed by atoms with van der Waals surface area (Å²) in [5, 5.41) is 8.68. The first kappa shape index (κ1) is 18.8. The third-order valence-electron chi connectivity index (χ3n) is 2.24. The van der Waals surface area contributed by atoms with Crippen LogP contribution in [0, 0.1) is 11.3 Å². The summed E-state index contributed by atoms with van der Waals surface area (Å²) < 4.78 is 8.43. The van der Waals surface area contributed by atoms with Gasteiger partial charge >= 0.3 is 0 Å². The van der Waals surface area contributed by atoms with Crippen LogP contribution in [0.15, 0.2) is 25.4 Å². The smallest absolute Gasteiger partial charge is 0.0717 e. The van der Waals surface area contributed by atoms with E-state index in [-0.39, 0.29) is 0 Å². The Hall–Kier alpha value is 1.51. The van der Waals surface area contributed by atoms with Crippen LogP contribution >= 0.6 is 94.1 Å². The van der Waals surface area contributed by atoms with E-state index in [1.54, 1.807) is 0 Å². The molecule has 21 heavy (non-hydrogen) atoms. The normalized spacial score (nSPS) is 19.0. The maximum Gasteiger partial charge on any atom is 0.0717 e. The van der Waals surface area contributed by atoms with E-state index in [1.165, 1.54) is 25.4 Å². The Morgan fingerprint density at radius 2 is 1.24 bits per heavy atom. The highest BCUT2D eigenvalue weighted by molar-refractivity contribution is 8.44. The van der Waals surface area contributed by atoms with E-state index in [0.29, 0.717) is 6.42 Å². The van der Waals surface area contributed by atoms with Gasteiger partial charge < -0.3 is 0 Å². The maximum absolute atomic E-state index is 8.68. The fourth-order valence-electron chi connectivity index (χ4n) is 1.36. The van der Waals surface area contributed by atoms with Gasteiger partial charge in [0, 0.05) is 12.2 Å². The molecule has 2 rings (SSSR count). The van der Waals surface area contributed by atoms with E-state index in [4.69, 9.17) is 5.26 Å². The molecule has 0 fully saturated rings. The summed E-state index contributed by atoms with van der Waals surface area (Å²) in [7, 11) is 0. The van der Waals surface area contributed by atoms with Crippen LogP contribution in [0.5, 0.6) is 0 Å². The second-order valence-electron chi connectivity index (χ2n) is 3.50. The minimum Gasteiger partial charge on any atom is -0.198 e. The van der Waals surface area contributed by atoms with Crippen LogP contribution in [0.25, 0.3) is 0 Å². The number of hydrogen-bond donors (Lipinski definition) is 0. The third kappa shape index (κ3) is 4.99. The molecule has 0 spiro atoms. The molecular weight excluding hydrogens is 415 g/mol. The second kappa shape index (κ2) is 9.72. The van der Waals surface area contributed by atoms with Crippen LogP contribution in [0.3, 0.4) is 0 Å². The molecule has 0 amide bonds. The van der Waals surface area contributed by atoms with E-state index in [9.17, 15) is 0 Å². The van der Waals surface area contributed by atoms with Crippen LogP contribution in [0.2, 0.25) is 0 Å². The molecule has 0 aliphatic carbocycles. The highest BCUT2D eigenvalue weighted by atomic mass is 32.3. The Bertz CT molecular complexity index is 524. The lowest BCUT2D eigenvalue weighted by molar-refractivity contribution is 1.24. The zero-order chi connectivity index (χ0) is 15.2. The molecule has 2 aliphatic rings. The largest absolute Gasteiger partial charge is 0.198 e. The molecule has 0 aromatic heterocycles. The Morgan fingerprint density at radius 3 is 1.67 bits per heavy atom. The zero-order valence-corrected chi connectivity index (χ0v) is 18.2. The second-order valence-corrected chi connectivity index (χ2v) is 12.7. The van der Waals surface area contributed by atoms with Crippen molar-refractivity contribution in [3.8, 4) is 6.07 Å². The fourth-order valence-corrected chi connectivity index (χ4v) is 12.0. The molecule has 0 atom stereocenters. The predicted octanol–water partition coefficient (Wildman–Crippen LogP) is 7.06. The molecule has 0 radical (unpaired) electrons. The molecule has 0 unspecified atom stereocenters. The lowest BCUT2D eigenvalue weighted by Crippen LogP contribution is -1.75. The lowest BCUT2D eigenvalue weighted by atomic mass is 10.6. The maximum atomic E-state index is 8.68. The summed E-state index contributed by atoms with van der Waals surface area (Å²) in [4.78, 5) is 0. The van der Waals surface area contributed by atoms with Crippen molar-refractivity contribution in [2.24, 2.45) is 0 Å². The molecule has 0 N–H and O–H groups in total. The Morgan fingerprint density at radius 1 is 0.810 bits per heavy atom. The summed E-state index contributed by atoms with van der Waals surface area (Å²) in [5.41, 5.74) is 0. The molecule has 2 aliphatic heterocycles. The molecule has 2 heterocycles. The van der Waals surface area contributed by atoms with Gasteiger partial charge in [-0.1, -0.05) is 47.0 Å². The Kier molecular flexibility index (Phi) is 8.72. The van der Waals surface area contributed by atoms with Gasteiger partial charge in [0.1, 0.15) is 0 Å². The van der Waals surface area contributed by atoms with E-state index in [2.05, 4.69) is 24.8 Å². The van der Waals surface area contributed by atoms with E-state index < -0.39 is 0 Å². The zero-order valence-electron chi connectivity index (χ0n) is 11.6. The lowest BCUT2D eigenvalue weighted by Gasteiger charge is -2.02. The highest BCUT2D eigenvalue weighted by Gasteiger charge is 2.29. The number of rotatable bonds is 6. The van der Waals surface area contributed by atoms with Gasteiger partial charge in [0.25, 0.3) is 0 Å². The van der Waals surface area contributed by atoms with Crippen molar-refractivity contribution < 1.29 is 0 Å². The van der Waals surface area contributed by atoms with E-state index >= 15 is 0 Å². The number of nitriles is 1. The Labute approximate surface area is 160 Å². The van der Waals surface area contributed by atoms with E-state index in [0.717, 1.165) is 5.75 Å². The average Bonchev–Trinajstić information content (AvgIpc) is 3.10. The van der Waals surface area contributed by atoms with Crippen molar-refractivity contribution in [3.63, 3.8) is 0 Å². The molecular formula is C12H13NS8. The number of hydrogen-bond acceptors (Lipinski definition) is 9. The molecule has 114 valence electrons. The standard InChI is InChI=1S/C12H13NS8/c1-14-7-8(15-2)19-11(18-7)12-20-9(16-3)10(21-12)17-6-4-5-13/h4,6H2,1-3H3. The van der Waals surface area contributed by atoms with Gasteiger partial charge in [-0.2, -0.15) is 5.26 Å². The van der Waals surface area contributed by atoms with Crippen LogP contribution in [0.4, 0.5) is 0 Å². The van der Waals surface area contributed by atoms with Crippen LogP contribution in [-0.4, -0.2) is 24.5 Å². The van der Waals surface area contributed by atoms with Crippen molar-refractivity contribution in [1.82, 2.24) is 0 Å². The molecule has 0 aromatic rings. The van der Waals surface area contributed by atoms with Crippen LogP contribution in [-0.2, 0) is 0 Å². The first-order valence-electron chi connectivity index (χ1n) is 5.79. The minimum absolute atomic E-state index is 0.616. The van der Waals surface area contributed by atoms with Gasteiger partial charge in [0.05, 0.1) is 31.5 Å². The van der Waals surface area contributed by atoms with Gasteiger partial charge in [0.15, 0.2) is 0 Å². The van der Waals surface area contributed by atoms with Gasteiger partial charge in [-0.05, 0) is 18.8 Å². The average molecular weight is 428 g/mol. The molecule has 1 nitrogen and oxygen atoms in total. The summed E-state index contributed by atoms with van der Waals surface area (Å²) in [5.74, 6) is 0.886. The summed E-state index contributed by atoms with van der Waals surface area (Å²) >= 11 is 14.9. The molecule has 0 saturated heterocycles. The monoisotopic (exact) mass is 427 g/mol. The number of thioether (sulfide) groups is 8. The molecule has 0 aromatic carbocycles. The fraction of sp³-hybridized carbons (Fsp3) is 0.417. The third-order valence-corrected chi connectivity index (χ3v) is 13.4. The van der Waals surface area contributed by atoms with Gasteiger partial charge in [0.2, 0.25) is 0 Å². The topological polar surface area (TPSA) is 23.8 Å². The summed E-state index contributed by atoms with van der Waals surface area (Å²) in [6.07, 6.45) is 7.05. The van der Waals surface area contributed by atoms with Gasteiger partial charge in [-0.3, -0.25) is 0 Å². The molecule has 0 bridgehead atoms. The van der Waals surface area contributed by atoms with Gasteiger partial charge in [-0.15, -0.1) is 47.0 Å². The van der Waals surface area contributed by atoms with Crippen molar-refractivity contribution >= 4 is 94.1 Å². The van der Waals surface area contributed by atoms with Crippen molar-refractivity contribution in [1.29, 1.82) is 5.26 Å².